The van der Waals surface area contributed by atoms with E-state index in [2.05, 4.69) is 20.6 Å². The van der Waals surface area contributed by atoms with Crippen molar-refractivity contribution in [3.8, 4) is 0 Å². The highest BCUT2D eigenvalue weighted by molar-refractivity contribution is 6.33. The van der Waals surface area contributed by atoms with Crippen LogP contribution in [0.15, 0.2) is 54.6 Å². The number of aromatic nitrogens is 2. The van der Waals surface area contributed by atoms with Gasteiger partial charge in [-0.3, -0.25) is 0 Å². The molecular weight excluding hydrogens is 377 g/mol. The van der Waals surface area contributed by atoms with Crippen LogP contribution in [0.1, 0.15) is 16.8 Å². The molecule has 2 aromatic carbocycles. The molecule has 0 unspecified atom stereocenters. The van der Waals surface area contributed by atoms with E-state index in [1.54, 1.807) is 13.0 Å². The van der Waals surface area contributed by atoms with Crippen molar-refractivity contribution in [2.75, 3.05) is 10.6 Å². The third-order valence-corrected chi connectivity index (χ3v) is 4.03. The van der Waals surface area contributed by atoms with E-state index in [1.807, 2.05) is 30.3 Å². The Balaban J connectivity index is 1.80. The Morgan fingerprint density at radius 3 is 2.44 bits per heavy atom. The van der Waals surface area contributed by atoms with Gasteiger partial charge in [0.05, 0.1) is 16.3 Å². The van der Waals surface area contributed by atoms with Crippen molar-refractivity contribution in [2.24, 2.45) is 0 Å². The number of alkyl halides is 3. The van der Waals surface area contributed by atoms with Gasteiger partial charge in [0.25, 0.3) is 0 Å². The summed E-state index contributed by atoms with van der Waals surface area (Å²) in [6, 6.07) is 14.4. The van der Waals surface area contributed by atoms with Gasteiger partial charge in [-0.1, -0.05) is 41.9 Å². The summed E-state index contributed by atoms with van der Waals surface area (Å²) in [7, 11) is 0. The molecule has 0 aliphatic heterocycles. The van der Waals surface area contributed by atoms with E-state index >= 15 is 0 Å². The fourth-order valence-corrected chi connectivity index (χ4v) is 2.59. The van der Waals surface area contributed by atoms with Crippen LogP contribution in [0.5, 0.6) is 0 Å². The molecule has 0 amide bonds. The molecule has 3 aromatic rings. The Morgan fingerprint density at radius 2 is 1.74 bits per heavy atom. The molecule has 0 saturated heterocycles. The third-order valence-electron chi connectivity index (χ3n) is 3.70. The van der Waals surface area contributed by atoms with Crippen LogP contribution in [0, 0.1) is 6.92 Å². The zero-order valence-electron chi connectivity index (χ0n) is 14.3. The number of rotatable bonds is 5. The lowest BCUT2D eigenvalue weighted by molar-refractivity contribution is -0.137. The Hall–Kier alpha value is -2.80. The van der Waals surface area contributed by atoms with Gasteiger partial charge in [-0.2, -0.15) is 18.2 Å². The van der Waals surface area contributed by atoms with Crippen LogP contribution in [0.3, 0.4) is 0 Å². The zero-order valence-corrected chi connectivity index (χ0v) is 15.1. The van der Waals surface area contributed by atoms with Gasteiger partial charge in [-0.15, -0.1) is 0 Å². The number of hydrogen-bond acceptors (Lipinski definition) is 4. The molecule has 140 valence electrons. The number of aryl methyl sites for hydroxylation is 1. The highest BCUT2D eigenvalue weighted by atomic mass is 35.5. The van der Waals surface area contributed by atoms with Crippen LogP contribution in [0.25, 0.3) is 0 Å². The second-order valence-electron chi connectivity index (χ2n) is 5.87. The predicted octanol–water partition coefficient (Wildman–Crippen LogP) is 5.81. The van der Waals surface area contributed by atoms with Gasteiger partial charge in [0.1, 0.15) is 5.82 Å². The van der Waals surface area contributed by atoms with Gasteiger partial charge >= 0.3 is 6.18 Å². The molecule has 0 fully saturated rings. The number of halogens is 4. The minimum Gasteiger partial charge on any atom is -0.350 e. The van der Waals surface area contributed by atoms with E-state index in [1.165, 1.54) is 6.07 Å². The van der Waals surface area contributed by atoms with Crippen LogP contribution in [0.4, 0.5) is 30.6 Å². The van der Waals surface area contributed by atoms with Crippen LogP contribution in [-0.2, 0) is 12.7 Å². The fraction of sp³-hybridized carbons (Fsp3) is 0.158. The maximum atomic E-state index is 12.9. The highest BCUT2D eigenvalue weighted by Crippen LogP contribution is 2.34. The average molecular weight is 393 g/mol. The van der Waals surface area contributed by atoms with E-state index < -0.39 is 11.7 Å². The lowest BCUT2D eigenvalue weighted by atomic mass is 10.2. The van der Waals surface area contributed by atoms with Crippen molar-refractivity contribution in [2.45, 2.75) is 19.6 Å². The second kappa shape index (κ2) is 7.84. The van der Waals surface area contributed by atoms with Gasteiger partial charge in [0.2, 0.25) is 5.95 Å². The van der Waals surface area contributed by atoms with Crippen molar-refractivity contribution in [3.63, 3.8) is 0 Å². The minimum atomic E-state index is -4.45. The van der Waals surface area contributed by atoms with Crippen LogP contribution in [-0.4, -0.2) is 9.97 Å². The first-order valence-electron chi connectivity index (χ1n) is 8.08. The smallest absolute Gasteiger partial charge is 0.350 e. The summed E-state index contributed by atoms with van der Waals surface area (Å²) in [6.07, 6.45) is -4.45. The van der Waals surface area contributed by atoms with E-state index in [9.17, 15) is 13.2 Å². The zero-order chi connectivity index (χ0) is 19.4. The predicted molar refractivity (Wildman–Crippen MR) is 100 cm³/mol. The molecule has 0 saturated carbocycles. The van der Waals surface area contributed by atoms with Gasteiger partial charge < -0.3 is 10.6 Å². The molecule has 0 aliphatic carbocycles. The molecule has 0 bridgehead atoms. The molecule has 3 rings (SSSR count). The van der Waals surface area contributed by atoms with Crippen molar-refractivity contribution in [1.29, 1.82) is 0 Å². The van der Waals surface area contributed by atoms with Crippen molar-refractivity contribution in [3.05, 3.63) is 76.4 Å². The van der Waals surface area contributed by atoms with Crippen molar-refractivity contribution in [1.82, 2.24) is 9.97 Å². The SMILES string of the molecule is Cc1cc(Nc2cc(C(F)(F)F)ccc2Cl)nc(NCc2ccccc2)n1. The monoisotopic (exact) mass is 392 g/mol. The molecule has 0 spiro atoms. The maximum absolute atomic E-state index is 12.9. The van der Waals surface area contributed by atoms with Crippen molar-refractivity contribution >= 4 is 29.1 Å². The Labute approximate surface area is 159 Å². The van der Waals surface area contributed by atoms with E-state index in [-0.39, 0.29) is 10.7 Å². The molecule has 0 radical (unpaired) electrons. The highest BCUT2D eigenvalue weighted by Gasteiger charge is 2.31. The maximum Gasteiger partial charge on any atom is 0.416 e. The first-order chi connectivity index (χ1) is 12.8. The lowest BCUT2D eigenvalue weighted by Crippen LogP contribution is -2.08. The molecule has 8 heteroatoms. The first-order valence-corrected chi connectivity index (χ1v) is 8.46. The summed E-state index contributed by atoms with van der Waals surface area (Å²) in [5.74, 6) is 0.712. The quantitative estimate of drug-likeness (QED) is 0.575. The van der Waals surface area contributed by atoms with Gasteiger partial charge in [-0.25, -0.2) is 4.98 Å². The van der Waals surface area contributed by atoms with Crippen LogP contribution < -0.4 is 10.6 Å². The topological polar surface area (TPSA) is 49.8 Å². The number of benzene rings is 2. The molecule has 4 nitrogen and oxygen atoms in total. The Kier molecular flexibility index (Phi) is 5.51. The van der Waals surface area contributed by atoms with E-state index in [4.69, 9.17) is 11.6 Å². The first kappa shape index (κ1) is 19.0. The summed E-state index contributed by atoms with van der Waals surface area (Å²) in [5.41, 5.74) is 1.05. The molecule has 1 aromatic heterocycles. The lowest BCUT2D eigenvalue weighted by Gasteiger charge is -2.13. The standard InChI is InChI=1S/C19H16ClF3N4/c1-12-9-17(26-16-10-14(19(21,22)23)7-8-15(16)20)27-18(25-12)24-11-13-5-3-2-4-6-13/h2-10H,11H2,1H3,(H2,24,25,26,27). The van der Waals surface area contributed by atoms with Crippen molar-refractivity contribution < 1.29 is 13.2 Å². The van der Waals surface area contributed by atoms with E-state index in [0.717, 1.165) is 17.7 Å². The third kappa shape index (κ3) is 5.10. The molecule has 27 heavy (non-hydrogen) atoms. The second-order valence-corrected chi connectivity index (χ2v) is 6.28. The average Bonchev–Trinajstić information content (AvgIpc) is 2.61. The molecule has 0 atom stereocenters. The summed E-state index contributed by atoms with van der Waals surface area (Å²) >= 11 is 6.03. The van der Waals surface area contributed by atoms with Gasteiger partial charge in [0.15, 0.2) is 0 Å². The number of hydrogen-bond donors (Lipinski definition) is 2. The largest absolute Gasteiger partial charge is 0.416 e. The fourth-order valence-electron chi connectivity index (χ4n) is 2.42. The Morgan fingerprint density at radius 1 is 1.00 bits per heavy atom. The molecule has 1 heterocycles. The van der Waals surface area contributed by atoms with Crippen LogP contribution >= 0.6 is 11.6 Å². The van der Waals surface area contributed by atoms with Crippen LogP contribution in [0.2, 0.25) is 5.02 Å². The van der Waals surface area contributed by atoms with Gasteiger partial charge in [-0.05, 0) is 30.7 Å². The Bertz CT molecular complexity index is 930. The number of anilines is 3. The minimum absolute atomic E-state index is 0.124. The summed E-state index contributed by atoms with van der Waals surface area (Å²) in [4.78, 5) is 8.60. The van der Waals surface area contributed by atoms with E-state index in [0.29, 0.717) is 24.0 Å². The molecular formula is C19H16ClF3N4. The summed E-state index contributed by atoms with van der Waals surface area (Å²) in [6.45, 7) is 2.29. The molecule has 0 aliphatic rings. The normalized spacial score (nSPS) is 11.3. The van der Waals surface area contributed by atoms with Gasteiger partial charge in [0, 0.05) is 18.3 Å². The molecule has 2 N–H and O–H groups in total. The number of nitrogens with zero attached hydrogens (tertiary/aromatic N) is 2. The summed E-state index contributed by atoms with van der Waals surface area (Å²) in [5, 5.41) is 6.11. The summed E-state index contributed by atoms with van der Waals surface area (Å²) < 4.78 is 38.8. The number of nitrogens with one attached hydrogen (secondary N) is 2.